The van der Waals surface area contributed by atoms with Gasteiger partial charge in [0.05, 0.1) is 27.0 Å². The minimum atomic E-state index is -0.421. The maximum Gasteiger partial charge on any atom is 0.323 e. The number of amides is 2. The van der Waals surface area contributed by atoms with Gasteiger partial charge in [0.15, 0.2) is 11.5 Å². The molecule has 0 aliphatic carbocycles. The molecule has 0 unspecified atom stereocenters. The van der Waals surface area contributed by atoms with Gasteiger partial charge in [-0.2, -0.15) is 0 Å². The third-order valence-electron chi connectivity index (χ3n) is 4.76. The molecule has 34 heavy (non-hydrogen) atoms. The first-order valence-corrected chi connectivity index (χ1v) is 10.1. The second-order valence-electron chi connectivity index (χ2n) is 6.93. The molecule has 4 aromatic rings. The summed E-state index contributed by atoms with van der Waals surface area (Å²) in [7, 11) is 4.54. The molecule has 0 fully saturated rings. The molecular weight excluding hydrogens is 438 g/mol. The molecule has 0 aliphatic rings. The van der Waals surface area contributed by atoms with E-state index in [1.54, 1.807) is 53.6 Å². The van der Waals surface area contributed by atoms with E-state index in [9.17, 15) is 4.79 Å². The van der Waals surface area contributed by atoms with E-state index in [0.717, 1.165) is 5.69 Å². The lowest BCUT2D eigenvalue weighted by Gasteiger charge is -2.15. The van der Waals surface area contributed by atoms with Crippen LogP contribution in [0, 0.1) is 0 Å². The number of urea groups is 1. The average Bonchev–Trinajstić information content (AvgIpc) is 3.40. The van der Waals surface area contributed by atoms with Crippen molar-refractivity contribution in [3.63, 3.8) is 0 Å². The first-order chi connectivity index (χ1) is 16.6. The van der Waals surface area contributed by atoms with Gasteiger partial charge in [0.2, 0.25) is 5.75 Å². The molecule has 11 nitrogen and oxygen atoms in total. The van der Waals surface area contributed by atoms with E-state index in [1.165, 1.54) is 27.7 Å². The summed E-state index contributed by atoms with van der Waals surface area (Å²) in [4.78, 5) is 25.0. The highest BCUT2D eigenvalue weighted by Crippen LogP contribution is 2.39. The van der Waals surface area contributed by atoms with Crippen molar-refractivity contribution in [1.29, 1.82) is 0 Å². The normalized spacial score (nSPS) is 10.3. The first kappa shape index (κ1) is 22.4. The van der Waals surface area contributed by atoms with Gasteiger partial charge in [0.1, 0.15) is 24.3 Å². The van der Waals surface area contributed by atoms with Crippen LogP contribution >= 0.6 is 0 Å². The van der Waals surface area contributed by atoms with E-state index < -0.39 is 6.03 Å². The number of nitrogens with zero attached hydrogens (tertiary/aromatic N) is 4. The molecule has 3 N–H and O–H groups in total. The molecule has 0 radical (unpaired) electrons. The maximum atomic E-state index is 12.5. The second-order valence-corrected chi connectivity index (χ2v) is 6.93. The maximum absolute atomic E-state index is 12.5. The molecule has 11 heteroatoms. The van der Waals surface area contributed by atoms with Crippen molar-refractivity contribution >= 4 is 28.9 Å². The molecule has 0 atom stereocenters. The van der Waals surface area contributed by atoms with Crippen LogP contribution in [-0.4, -0.2) is 46.9 Å². The minimum absolute atomic E-state index is 0.421. The molecule has 2 aromatic carbocycles. The van der Waals surface area contributed by atoms with Crippen LogP contribution in [0.25, 0.3) is 5.82 Å². The zero-order valence-corrected chi connectivity index (χ0v) is 18.8. The van der Waals surface area contributed by atoms with E-state index in [2.05, 4.69) is 30.9 Å². The summed E-state index contributed by atoms with van der Waals surface area (Å²) in [5, 5.41) is 8.76. The molecule has 2 amide bonds. The largest absolute Gasteiger partial charge is 0.493 e. The van der Waals surface area contributed by atoms with Crippen LogP contribution in [-0.2, 0) is 0 Å². The lowest BCUT2D eigenvalue weighted by Crippen LogP contribution is -2.19. The van der Waals surface area contributed by atoms with E-state index >= 15 is 0 Å². The molecule has 0 saturated heterocycles. The van der Waals surface area contributed by atoms with Gasteiger partial charge in [-0.05, 0) is 24.3 Å². The lowest BCUT2D eigenvalue weighted by molar-refractivity contribution is 0.262. The number of carbonyl (C=O) groups excluding carboxylic acids is 1. The molecular formula is C23H23N7O4. The van der Waals surface area contributed by atoms with Crippen molar-refractivity contribution in [3.05, 3.63) is 67.5 Å². The summed E-state index contributed by atoms with van der Waals surface area (Å²) >= 11 is 0. The number of methoxy groups -OCH3 is 3. The Hall–Kier alpha value is -4.80. The molecule has 0 bridgehead atoms. The van der Waals surface area contributed by atoms with Gasteiger partial charge in [0.25, 0.3) is 0 Å². The lowest BCUT2D eigenvalue weighted by atomic mass is 10.2. The van der Waals surface area contributed by atoms with Crippen molar-refractivity contribution in [1.82, 2.24) is 19.5 Å². The van der Waals surface area contributed by atoms with Gasteiger partial charge in [-0.3, -0.25) is 4.57 Å². The fourth-order valence-corrected chi connectivity index (χ4v) is 3.18. The summed E-state index contributed by atoms with van der Waals surface area (Å²) in [6, 6.07) is 11.9. The van der Waals surface area contributed by atoms with Gasteiger partial charge in [-0.1, -0.05) is 0 Å². The fraction of sp³-hybridized carbons (Fsp3) is 0.130. The van der Waals surface area contributed by atoms with Crippen LogP contribution in [0.2, 0.25) is 0 Å². The monoisotopic (exact) mass is 461 g/mol. The summed E-state index contributed by atoms with van der Waals surface area (Å²) in [5.74, 6) is 2.64. The third-order valence-corrected chi connectivity index (χ3v) is 4.76. The van der Waals surface area contributed by atoms with Crippen LogP contribution in [0.15, 0.2) is 67.5 Å². The zero-order valence-electron chi connectivity index (χ0n) is 18.8. The van der Waals surface area contributed by atoms with E-state index in [1.807, 2.05) is 12.1 Å². The molecule has 0 aliphatic heterocycles. The molecule has 2 heterocycles. The van der Waals surface area contributed by atoms with E-state index in [4.69, 9.17) is 14.2 Å². The highest BCUT2D eigenvalue weighted by atomic mass is 16.5. The van der Waals surface area contributed by atoms with Gasteiger partial charge in [0, 0.05) is 42.0 Å². The SMILES string of the molecule is COc1cc(NC(=O)Nc2ccc(Nc3cc(-n4ccnc4)ncn3)cc2)cc(OC)c1OC. The van der Waals surface area contributed by atoms with E-state index in [-0.39, 0.29) is 0 Å². The Morgan fingerprint density at radius 2 is 1.53 bits per heavy atom. The Labute approximate surface area is 195 Å². The van der Waals surface area contributed by atoms with E-state index in [0.29, 0.717) is 40.3 Å². The predicted molar refractivity (Wildman–Crippen MR) is 128 cm³/mol. The molecule has 2 aromatic heterocycles. The van der Waals surface area contributed by atoms with Crippen LogP contribution < -0.4 is 30.2 Å². The van der Waals surface area contributed by atoms with Crippen molar-refractivity contribution in [2.24, 2.45) is 0 Å². The van der Waals surface area contributed by atoms with Gasteiger partial charge >= 0.3 is 6.03 Å². The first-order valence-electron chi connectivity index (χ1n) is 10.1. The summed E-state index contributed by atoms with van der Waals surface area (Å²) in [6.07, 6.45) is 6.62. The number of ether oxygens (including phenoxy) is 3. The Morgan fingerprint density at radius 3 is 2.15 bits per heavy atom. The minimum Gasteiger partial charge on any atom is -0.493 e. The number of nitrogens with one attached hydrogen (secondary N) is 3. The second kappa shape index (κ2) is 10.2. The Bertz CT molecular complexity index is 1240. The van der Waals surface area contributed by atoms with Crippen LogP contribution in [0.5, 0.6) is 17.2 Å². The highest BCUT2D eigenvalue weighted by Gasteiger charge is 2.14. The molecule has 174 valence electrons. The fourth-order valence-electron chi connectivity index (χ4n) is 3.18. The number of hydrogen-bond donors (Lipinski definition) is 3. The van der Waals surface area contributed by atoms with Crippen LogP contribution in [0.3, 0.4) is 0 Å². The Morgan fingerprint density at radius 1 is 0.853 bits per heavy atom. The van der Waals surface area contributed by atoms with Crippen molar-refractivity contribution in [2.75, 3.05) is 37.3 Å². The molecule has 0 saturated carbocycles. The Balaban J connectivity index is 1.39. The number of hydrogen-bond acceptors (Lipinski definition) is 8. The van der Waals surface area contributed by atoms with Crippen molar-refractivity contribution in [2.45, 2.75) is 0 Å². The summed E-state index contributed by atoms with van der Waals surface area (Å²) in [5.41, 5.74) is 1.89. The molecule has 0 spiro atoms. The topological polar surface area (TPSA) is 124 Å². The summed E-state index contributed by atoms with van der Waals surface area (Å²) < 4.78 is 17.7. The van der Waals surface area contributed by atoms with Crippen LogP contribution in [0.1, 0.15) is 0 Å². The zero-order chi connectivity index (χ0) is 23.9. The Kier molecular flexibility index (Phi) is 6.73. The van der Waals surface area contributed by atoms with Gasteiger partial charge < -0.3 is 30.2 Å². The van der Waals surface area contributed by atoms with Gasteiger partial charge in [-0.25, -0.2) is 19.7 Å². The van der Waals surface area contributed by atoms with Crippen molar-refractivity contribution in [3.8, 4) is 23.1 Å². The predicted octanol–water partition coefficient (Wildman–Crippen LogP) is 4.08. The number of imidazole rings is 1. The third kappa shape index (κ3) is 5.15. The number of carbonyl (C=O) groups is 1. The molecule has 4 rings (SSSR count). The quantitative estimate of drug-likeness (QED) is 0.359. The van der Waals surface area contributed by atoms with Gasteiger partial charge in [-0.15, -0.1) is 0 Å². The highest BCUT2D eigenvalue weighted by molar-refractivity contribution is 6.00. The number of rotatable bonds is 8. The van der Waals surface area contributed by atoms with Crippen molar-refractivity contribution < 1.29 is 19.0 Å². The average molecular weight is 461 g/mol. The number of anilines is 4. The standard InChI is InChI=1S/C23H23N7O4/c1-32-18-10-17(11-19(33-2)22(18)34-3)29-23(31)28-16-6-4-15(5-7-16)27-20-12-21(26-13-25-20)30-9-8-24-14-30/h4-14H,1-3H3,(H,25,26,27)(H2,28,29,31). The van der Waals surface area contributed by atoms with Crippen LogP contribution in [0.4, 0.5) is 27.7 Å². The number of benzene rings is 2. The smallest absolute Gasteiger partial charge is 0.323 e. The summed E-state index contributed by atoms with van der Waals surface area (Å²) in [6.45, 7) is 0. The number of aromatic nitrogens is 4.